The largest absolute Gasteiger partial charge is 0.397 e. The van der Waals surface area contributed by atoms with Gasteiger partial charge in [0.2, 0.25) is 0 Å². The minimum atomic E-state index is 0.689. The number of aromatic nitrogens is 2. The molecule has 0 radical (unpaired) electrons. The normalized spacial score (nSPS) is 10.8. The smallest absolute Gasteiger partial charge is 0.140 e. The molecule has 0 aliphatic heterocycles. The van der Waals surface area contributed by atoms with E-state index < -0.39 is 0 Å². The van der Waals surface area contributed by atoms with Gasteiger partial charge in [-0.3, -0.25) is 0 Å². The van der Waals surface area contributed by atoms with Crippen LogP contribution in [0.4, 0.5) is 5.69 Å². The maximum atomic E-state index is 5.61. The van der Waals surface area contributed by atoms with Crippen LogP contribution in [0.25, 0.3) is 11.0 Å². The van der Waals surface area contributed by atoms with Crippen molar-refractivity contribution in [3.05, 3.63) is 22.9 Å². The van der Waals surface area contributed by atoms with E-state index in [0.717, 1.165) is 15.5 Å². The number of hydrogen-bond acceptors (Lipinski definition) is 2. The lowest BCUT2D eigenvalue weighted by molar-refractivity contribution is 0.946. The molecule has 0 aliphatic carbocycles. The highest BCUT2D eigenvalue weighted by Crippen LogP contribution is 2.25. The van der Waals surface area contributed by atoms with Gasteiger partial charge in [0.25, 0.3) is 0 Å². The standard InChI is InChI=1S/C8H8BrN3/c1-12-4-7(9)6-2-5(10)3-11-8(6)12/h2-4H,10H2,1H3. The average Bonchev–Trinajstić information content (AvgIpc) is 2.28. The van der Waals surface area contributed by atoms with Crippen molar-refractivity contribution < 1.29 is 0 Å². The topological polar surface area (TPSA) is 43.8 Å². The molecular weight excluding hydrogens is 218 g/mol. The van der Waals surface area contributed by atoms with Gasteiger partial charge >= 0.3 is 0 Å². The molecule has 62 valence electrons. The summed E-state index contributed by atoms with van der Waals surface area (Å²) in [6.45, 7) is 0. The van der Waals surface area contributed by atoms with Gasteiger partial charge in [-0.15, -0.1) is 0 Å². The Hall–Kier alpha value is -1.03. The molecule has 0 unspecified atom stereocenters. The van der Waals surface area contributed by atoms with Crippen molar-refractivity contribution in [2.75, 3.05) is 5.73 Å². The van der Waals surface area contributed by atoms with Crippen LogP contribution < -0.4 is 5.73 Å². The zero-order valence-electron chi connectivity index (χ0n) is 6.58. The Bertz CT molecular complexity index is 433. The summed E-state index contributed by atoms with van der Waals surface area (Å²) in [4.78, 5) is 4.21. The molecule has 0 saturated carbocycles. The van der Waals surface area contributed by atoms with Gasteiger partial charge in [-0.25, -0.2) is 4.98 Å². The fourth-order valence-electron chi connectivity index (χ4n) is 1.23. The third kappa shape index (κ3) is 0.992. The third-order valence-corrected chi connectivity index (χ3v) is 2.42. The van der Waals surface area contributed by atoms with Crippen molar-refractivity contribution in [1.29, 1.82) is 0 Å². The molecule has 2 aromatic heterocycles. The molecule has 4 heteroatoms. The van der Waals surface area contributed by atoms with Gasteiger partial charge in [0.15, 0.2) is 0 Å². The predicted molar refractivity (Wildman–Crippen MR) is 52.8 cm³/mol. The molecule has 2 heterocycles. The summed E-state index contributed by atoms with van der Waals surface area (Å²) >= 11 is 3.44. The lowest BCUT2D eigenvalue weighted by Crippen LogP contribution is -1.89. The quantitative estimate of drug-likeness (QED) is 0.745. The van der Waals surface area contributed by atoms with Gasteiger partial charge in [-0.05, 0) is 22.0 Å². The molecule has 0 aromatic carbocycles. The number of pyridine rings is 1. The van der Waals surface area contributed by atoms with E-state index in [2.05, 4.69) is 20.9 Å². The monoisotopic (exact) mass is 225 g/mol. The van der Waals surface area contributed by atoms with Gasteiger partial charge in [-0.2, -0.15) is 0 Å². The van der Waals surface area contributed by atoms with Crippen molar-refractivity contribution >= 4 is 32.7 Å². The highest BCUT2D eigenvalue weighted by atomic mass is 79.9. The number of hydrogen-bond donors (Lipinski definition) is 1. The number of nitrogen functional groups attached to an aromatic ring is 1. The first-order valence-corrected chi connectivity index (χ1v) is 4.34. The van der Waals surface area contributed by atoms with Crippen LogP contribution in [0.2, 0.25) is 0 Å². The van der Waals surface area contributed by atoms with Gasteiger partial charge in [-0.1, -0.05) is 0 Å². The molecule has 2 aromatic rings. The van der Waals surface area contributed by atoms with E-state index in [1.807, 2.05) is 23.9 Å². The first kappa shape index (κ1) is 7.61. The second-order valence-corrected chi connectivity index (χ2v) is 3.58. The predicted octanol–water partition coefficient (Wildman–Crippen LogP) is 1.92. The zero-order valence-corrected chi connectivity index (χ0v) is 8.17. The average molecular weight is 226 g/mol. The summed E-state index contributed by atoms with van der Waals surface area (Å²) in [5.41, 5.74) is 7.24. The van der Waals surface area contributed by atoms with E-state index in [9.17, 15) is 0 Å². The fraction of sp³-hybridized carbons (Fsp3) is 0.125. The summed E-state index contributed by atoms with van der Waals surface area (Å²) in [5.74, 6) is 0. The third-order valence-electron chi connectivity index (χ3n) is 1.79. The Labute approximate surface area is 78.3 Å². The van der Waals surface area contributed by atoms with Crippen LogP contribution >= 0.6 is 15.9 Å². The molecule has 0 bridgehead atoms. The van der Waals surface area contributed by atoms with Crippen LogP contribution in [-0.2, 0) is 7.05 Å². The maximum absolute atomic E-state index is 5.61. The first-order valence-electron chi connectivity index (χ1n) is 3.54. The Morgan fingerprint density at radius 1 is 1.58 bits per heavy atom. The van der Waals surface area contributed by atoms with Crippen LogP contribution in [0.1, 0.15) is 0 Å². The second-order valence-electron chi connectivity index (χ2n) is 2.73. The number of aryl methyl sites for hydroxylation is 1. The first-order chi connectivity index (χ1) is 5.68. The number of nitrogens with two attached hydrogens (primary N) is 1. The summed E-state index contributed by atoms with van der Waals surface area (Å²) in [6.07, 6.45) is 3.63. The fourth-order valence-corrected chi connectivity index (χ4v) is 1.83. The molecule has 0 saturated heterocycles. The number of rotatable bonds is 0. The molecule has 0 spiro atoms. The van der Waals surface area contributed by atoms with E-state index in [1.54, 1.807) is 6.20 Å². The molecular formula is C8H8BrN3. The molecule has 0 atom stereocenters. The van der Waals surface area contributed by atoms with Gasteiger partial charge in [0, 0.05) is 23.1 Å². The van der Waals surface area contributed by atoms with Gasteiger partial charge in [0.05, 0.1) is 11.9 Å². The lowest BCUT2D eigenvalue weighted by atomic mass is 10.3. The SMILES string of the molecule is Cn1cc(Br)c2cc(N)cnc21. The number of nitrogens with zero attached hydrogens (tertiary/aromatic N) is 2. The number of anilines is 1. The molecule has 2 N–H and O–H groups in total. The lowest BCUT2D eigenvalue weighted by Gasteiger charge is -1.95. The molecule has 0 fully saturated rings. The van der Waals surface area contributed by atoms with Crippen LogP contribution in [0.15, 0.2) is 22.9 Å². The number of fused-ring (bicyclic) bond motifs is 1. The molecule has 3 nitrogen and oxygen atoms in total. The molecule has 0 amide bonds. The van der Waals surface area contributed by atoms with E-state index >= 15 is 0 Å². The Kier molecular flexibility index (Phi) is 1.58. The van der Waals surface area contributed by atoms with E-state index in [-0.39, 0.29) is 0 Å². The van der Waals surface area contributed by atoms with Crippen molar-refractivity contribution in [2.45, 2.75) is 0 Å². The molecule has 2 rings (SSSR count). The van der Waals surface area contributed by atoms with E-state index in [4.69, 9.17) is 5.73 Å². The van der Waals surface area contributed by atoms with Crippen LogP contribution in [-0.4, -0.2) is 9.55 Å². The van der Waals surface area contributed by atoms with Crippen LogP contribution in [0.5, 0.6) is 0 Å². The summed E-state index contributed by atoms with van der Waals surface area (Å²) in [6, 6.07) is 1.91. The highest BCUT2D eigenvalue weighted by Gasteiger charge is 2.04. The zero-order chi connectivity index (χ0) is 8.72. The Morgan fingerprint density at radius 2 is 2.33 bits per heavy atom. The van der Waals surface area contributed by atoms with Crippen LogP contribution in [0.3, 0.4) is 0 Å². The second kappa shape index (κ2) is 2.48. The number of halogens is 1. The van der Waals surface area contributed by atoms with Crippen molar-refractivity contribution in [3.8, 4) is 0 Å². The van der Waals surface area contributed by atoms with Crippen molar-refractivity contribution in [1.82, 2.24) is 9.55 Å². The van der Waals surface area contributed by atoms with Crippen LogP contribution in [0, 0.1) is 0 Å². The molecule has 12 heavy (non-hydrogen) atoms. The summed E-state index contributed by atoms with van der Waals surface area (Å²) in [7, 11) is 1.95. The van der Waals surface area contributed by atoms with E-state index in [0.29, 0.717) is 5.69 Å². The van der Waals surface area contributed by atoms with Gasteiger partial charge < -0.3 is 10.3 Å². The summed E-state index contributed by atoms with van der Waals surface area (Å²) < 4.78 is 2.98. The van der Waals surface area contributed by atoms with Gasteiger partial charge in [0.1, 0.15) is 5.65 Å². The summed E-state index contributed by atoms with van der Waals surface area (Å²) in [5, 5.41) is 1.05. The maximum Gasteiger partial charge on any atom is 0.140 e. The van der Waals surface area contributed by atoms with Crippen molar-refractivity contribution in [2.24, 2.45) is 7.05 Å². The van der Waals surface area contributed by atoms with Crippen molar-refractivity contribution in [3.63, 3.8) is 0 Å². The Balaban J connectivity index is 2.90. The van der Waals surface area contributed by atoms with E-state index in [1.165, 1.54) is 0 Å². The minimum absolute atomic E-state index is 0.689. The Morgan fingerprint density at radius 3 is 3.08 bits per heavy atom. The minimum Gasteiger partial charge on any atom is -0.397 e. The molecule has 0 aliphatic rings. The highest BCUT2D eigenvalue weighted by molar-refractivity contribution is 9.10.